The van der Waals surface area contributed by atoms with Crippen LogP contribution in [0.25, 0.3) is 0 Å². The fourth-order valence-electron chi connectivity index (χ4n) is 2.59. The lowest BCUT2D eigenvalue weighted by Crippen LogP contribution is -2.34. The van der Waals surface area contributed by atoms with Gasteiger partial charge in [-0.15, -0.1) is 0 Å². The quantitative estimate of drug-likeness (QED) is 0.137. The number of nitrogens with one attached hydrogen (secondary N) is 2. The average molecular weight is 585 g/mol. The molecule has 1 atom stereocenters. The number of nitrogens with zero attached hydrogens (tertiary/aromatic N) is 1. The number of esters is 1. The SMILES string of the molecule is CCOC(=O)COc1c(I)cc(C=NNC(=O)C(C)C(=O)Nc2ccccc2F)cc1OCC. The van der Waals surface area contributed by atoms with Crippen LogP contribution in [-0.4, -0.2) is 43.8 Å². The van der Waals surface area contributed by atoms with Crippen molar-refractivity contribution >= 4 is 52.3 Å². The summed E-state index contributed by atoms with van der Waals surface area (Å²) in [5.74, 6) is -2.78. The van der Waals surface area contributed by atoms with Gasteiger partial charge in [-0.3, -0.25) is 9.59 Å². The van der Waals surface area contributed by atoms with Crippen molar-refractivity contribution in [2.24, 2.45) is 11.0 Å². The Kier molecular flexibility index (Phi) is 10.7. The third-order valence-corrected chi connectivity index (χ3v) is 5.08. The molecule has 34 heavy (non-hydrogen) atoms. The summed E-state index contributed by atoms with van der Waals surface area (Å²) in [6.07, 6.45) is 1.37. The highest BCUT2D eigenvalue weighted by Gasteiger charge is 2.22. The molecule has 182 valence electrons. The first-order valence-corrected chi connectivity index (χ1v) is 11.5. The van der Waals surface area contributed by atoms with Gasteiger partial charge in [-0.25, -0.2) is 14.6 Å². The fourth-order valence-corrected chi connectivity index (χ4v) is 3.37. The lowest BCUT2D eigenvalue weighted by molar-refractivity contribution is -0.145. The Balaban J connectivity index is 2.03. The van der Waals surface area contributed by atoms with Crippen molar-refractivity contribution in [2.45, 2.75) is 20.8 Å². The minimum absolute atomic E-state index is 0.0149. The second-order valence-electron chi connectivity index (χ2n) is 6.78. The van der Waals surface area contributed by atoms with Crippen LogP contribution in [-0.2, 0) is 19.1 Å². The molecule has 0 aliphatic rings. The summed E-state index contributed by atoms with van der Waals surface area (Å²) in [5.41, 5.74) is 2.86. The number of anilines is 1. The van der Waals surface area contributed by atoms with E-state index in [0.717, 1.165) is 0 Å². The standard InChI is InChI=1S/C23H25FIN3O6/c1-4-32-19-11-15(10-17(25)21(19)34-13-20(29)33-5-2)12-26-28-23(31)14(3)22(30)27-18-9-7-6-8-16(18)24/h6-12,14H,4-5,13H2,1-3H3,(H,27,30)(H,28,31). The zero-order valence-corrected chi connectivity index (χ0v) is 21.1. The highest BCUT2D eigenvalue weighted by Crippen LogP contribution is 2.34. The topological polar surface area (TPSA) is 115 Å². The third-order valence-electron chi connectivity index (χ3n) is 4.28. The van der Waals surface area contributed by atoms with Gasteiger partial charge in [-0.2, -0.15) is 5.10 Å². The maximum atomic E-state index is 13.7. The molecule has 0 fully saturated rings. The molecular formula is C23H25FIN3O6. The number of hydrogen-bond acceptors (Lipinski definition) is 7. The summed E-state index contributed by atoms with van der Waals surface area (Å²) in [6, 6.07) is 9.01. The van der Waals surface area contributed by atoms with Crippen LogP contribution in [0.3, 0.4) is 0 Å². The number of rotatable bonds is 11. The van der Waals surface area contributed by atoms with E-state index in [2.05, 4.69) is 15.8 Å². The summed E-state index contributed by atoms with van der Waals surface area (Å²) in [5, 5.41) is 6.26. The summed E-state index contributed by atoms with van der Waals surface area (Å²) in [7, 11) is 0. The third kappa shape index (κ3) is 7.97. The number of hydrogen-bond donors (Lipinski definition) is 2. The number of carbonyl (C=O) groups excluding carboxylic acids is 3. The molecule has 1 unspecified atom stereocenters. The van der Waals surface area contributed by atoms with Gasteiger partial charge in [0.25, 0.3) is 5.91 Å². The highest BCUT2D eigenvalue weighted by atomic mass is 127. The summed E-state index contributed by atoms with van der Waals surface area (Å²) < 4.78 is 30.4. The van der Waals surface area contributed by atoms with Crippen molar-refractivity contribution in [1.29, 1.82) is 0 Å². The molecule has 0 saturated carbocycles. The van der Waals surface area contributed by atoms with Crippen molar-refractivity contribution in [3.63, 3.8) is 0 Å². The number of halogens is 2. The molecule has 0 aromatic heterocycles. The highest BCUT2D eigenvalue weighted by molar-refractivity contribution is 14.1. The summed E-state index contributed by atoms with van der Waals surface area (Å²) >= 11 is 2.03. The molecule has 0 aliphatic carbocycles. The van der Waals surface area contributed by atoms with Gasteiger partial charge in [-0.1, -0.05) is 12.1 Å². The lowest BCUT2D eigenvalue weighted by Gasteiger charge is -2.14. The number of ether oxygens (including phenoxy) is 3. The van der Waals surface area contributed by atoms with Gasteiger partial charge in [0.1, 0.15) is 11.7 Å². The van der Waals surface area contributed by atoms with Crippen LogP contribution in [0.5, 0.6) is 11.5 Å². The Morgan fingerprint density at radius 3 is 2.53 bits per heavy atom. The van der Waals surface area contributed by atoms with Gasteiger partial charge in [0.05, 0.1) is 28.7 Å². The van der Waals surface area contributed by atoms with E-state index in [1.165, 1.54) is 31.3 Å². The number of benzene rings is 2. The van der Waals surface area contributed by atoms with Gasteiger partial charge in [0, 0.05) is 0 Å². The van der Waals surface area contributed by atoms with Gasteiger partial charge < -0.3 is 19.5 Å². The average Bonchev–Trinajstić information content (AvgIpc) is 2.79. The molecule has 0 bridgehead atoms. The minimum atomic E-state index is -1.12. The van der Waals surface area contributed by atoms with Gasteiger partial charge in [-0.05, 0) is 73.2 Å². The molecular weight excluding hydrogens is 560 g/mol. The number of hydrazone groups is 1. The van der Waals surface area contributed by atoms with Crippen LogP contribution in [0.4, 0.5) is 10.1 Å². The van der Waals surface area contributed by atoms with Crippen LogP contribution < -0.4 is 20.2 Å². The lowest BCUT2D eigenvalue weighted by atomic mass is 10.1. The summed E-state index contributed by atoms with van der Waals surface area (Å²) in [6.45, 7) is 5.24. The van der Waals surface area contributed by atoms with Crippen molar-refractivity contribution < 1.29 is 33.0 Å². The van der Waals surface area contributed by atoms with Crippen LogP contribution in [0, 0.1) is 15.3 Å². The first-order chi connectivity index (χ1) is 16.3. The van der Waals surface area contributed by atoms with E-state index in [4.69, 9.17) is 14.2 Å². The predicted octanol–water partition coefficient (Wildman–Crippen LogP) is 3.50. The molecule has 2 amide bonds. The Labute approximate surface area is 210 Å². The monoisotopic (exact) mass is 585 g/mol. The Hall–Kier alpha value is -3.22. The molecule has 0 heterocycles. The minimum Gasteiger partial charge on any atom is -0.490 e. The van der Waals surface area contributed by atoms with Gasteiger partial charge in [0.2, 0.25) is 5.91 Å². The van der Waals surface area contributed by atoms with E-state index >= 15 is 0 Å². The largest absolute Gasteiger partial charge is 0.490 e. The van der Waals surface area contributed by atoms with E-state index in [1.807, 2.05) is 22.6 Å². The van der Waals surface area contributed by atoms with Gasteiger partial charge >= 0.3 is 5.97 Å². The Bertz CT molecular complexity index is 1060. The van der Waals surface area contributed by atoms with Crippen molar-refractivity contribution in [1.82, 2.24) is 5.43 Å². The van der Waals surface area contributed by atoms with E-state index < -0.39 is 29.5 Å². The van der Waals surface area contributed by atoms with Crippen LogP contribution in [0.15, 0.2) is 41.5 Å². The Morgan fingerprint density at radius 1 is 1.12 bits per heavy atom. The summed E-state index contributed by atoms with van der Waals surface area (Å²) in [4.78, 5) is 36.1. The molecule has 2 N–H and O–H groups in total. The predicted molar refractivity (Wildman–Crippen MR) is 132 cm³/mol. The molecule has 2 rings (SSSR count). The van der Waals surface area contributed by atoms with Crippen LogP contribution >= 0.6 is 22.6 Å². The zero-order valence-electron chi connectivity index (χ0n) is 18.9. The van der Waals surface area contributed by atoms with Crippen molar-refractivity contribution in [2.75, 3.05) is 25.1 Å². The van der Waals surface area contributed by atoms with Crippen molar-refractivity contribution in [3.8, 4) is 11.5 Å². The molecule has 2 aromatic carbocycles. The second-order valence-corrected chi connectivity index (χ2v) is 7.94. The number of carbonyl (C=O) groups is 3. The normalized spacial score (nSPS) is 11.6. The molecule has 0 saturated heterocycles. The van der Waals surface area contributed by atoms with Crippen LogP contribution in [0.1, 0.15) is 26.3 Å². The van der Waals surface area contributed by atoms with Gasteiger partial charge in [0.15, 0.2) is 18.1 Å². The van der Waals surface area contributed by atoms with Crippen LogP contribution in [0.2, 0.25) is 0 Å². The molecule has 9 nitrogen and oxygen atoms in total. The Morgan fingerprint density at radius 2 is 1.85 bits per heavy atom. The maximum absolute atomic E-state index is 13.7. The molecule has 0 spiro atoms. The van der Waals surface area contributed by atoms with E-state index in [9.17, 15) is 18.8 Å². The molecule has 0 radical (unpaired) electrons. The van der Waals surface area contributed by atoms with E-state index in [-0.39, 0.29) is 18.9 Å². The zero-order chi connectivity index (χ0) is 25.1. The fraction of sp³-hybridized carbons (Fsp3) is 0.304. The smallest absolute Gasteiger partial charge is 0.344 e. The second kappa shape index (κ2) is 13.5. The number of para-hydroxylation sites is 1. The molecule has 11 heteroatoms. The van der Waals surface area contributed by atoms with E-state index in [0.29, 0.717) is 27.2 Å². The molecule has 0 aliphatic heterocycles. The van der Waals surface area contributed by atoms with Crippen molar-refractivity contribution in [3.05, 3.63) is 51.3 Å². The number of amides is 2. The van der Waals surface area contributed by atoms with E-state index in [1.54, 1.807) is 32.0 Å². The first-order valence-electron chi connectivity index (χ1n) is 10.4. The molecule has 2 aromatic rings. The maximum Gasteiger partial charge on any atom is 0.344 e. The first kappa shape index (κ1) is 27.0.